The van der Waals surface area contributed by atoms with Gasteiger partial charge in [0, 0.05) is 25.3 Å². The maximum Gasteiger partial charge on any atom is 0.238 e. The number of primary sulfonamides is 1. The molecule has 1 aromatic carbocycles. The molecule has 3 heterocycles. The zero-order chi connectivity index (χ0) is 24.3. The van der Waals surface area contributed by atoms with E-state index in [0.29, 0.717) is 25.3 Å². The molecule has 0 bridgehead atoms. The molecule has 1 aliphatic rings. The van der Waals surface area contributed by atoms with Crippen LogP contribution in [0.15, 0.2) is 47.4 Å². The molecule has 1 fully saturated rings. The first-order chi connectivity index (χ1) is 16.2. The van der Waals surface area contributed by atoms with E-state index in [2.05, 4.69) is 25.5 Å². The summed E-state index contributed by atoms with van der Waals surface area (Å²) in [5, 5.41) is 21.3. The van der Waals surface area contributed by atoms with Crippen LogP contribution in [0.4, 0.5) is 5.82 Å². The van der Waals surface area contributed by atoms with E-state index in [1.807, 2.05) is 32.0 Å². The highest BCUT2D eigenvalue weighted by Crippen LogP contribution is 2.22. The molecule has 34 heavy (non-hydrogen) atoms. The minimum atomic E-state index is -3.70. The summed E-state index contributed by atoms with van der Waals surface area (Å²) in [5.74, 6) is 1.30. The summed E-state index contributed by atoms with van der Waals surface area (Å²) in [5.41, 5.74) is 2.85. The van der Waals surface area contributed by atoms with Crippen LogP contribution in [-0.2, 0) is 21.2 Å². The number of nitrogens with two attached hydrogens (primary N) is 1. The van der Waals surface area contributed by atoms with Gasteiger partial charge in [0.05, 0.1) is 16.5 Å². The first kappa shape index (κ1) is 23.8. The lowest BCUT2D eigenvalue weighted by atomic mass is 9.97. The fraction of sp³-hybridized carbons (Fsp3) is 0.391. The van der Waals surface area contributed by atoms with Gasteiger partial charge in [0.1, 0.15) is 0 Å². The summed E-state index contributed by atoms with van der Waals surface area (Å²) >= 11 is 0. The highest BCUT2D eigenvalue weighted by Gasteiger charge is 2.26. The van der Waals surface area contributed by atoms with Crippen LogP contribution in [-0.4, -0.2) is 53.9 Å². The van der Waals surface area contributed by atoms with Gasteiger partial charge in [0.2, 0.25) is 15.9 Å². The summed E-state index contributed by atoms with van der Waals surface area (Å²) in [7, 11) is -3.70. The van der Waals surface area contributed by atoms with Crippen LogP contribution in [0.5, 0.6) is 0 Å². The molecule has 1 aliphatic heterocycles. The Balaban J connectivity index is 1.31. The van der Waals surface area contributed by atoms with Crippen LogP contribution in [0.3, 0.4) is 0 Å². The van der Waals surface area contributed by atoms with Crippen LogP contribution in [0.2, 0.25) is 0 Å². The molecule has 10 nitrogen and oxygen atoms in total. The molecule has 2 aromatic heterocycles. The lowest BCUT2D eigenvalue weighted by Crippen LogP contribution is -2.43. The second kappa shape index (κ2) is 9.90. The Labute approximate surface area is 199 Å². The number of nitrogens with zero attached hydrogens (tertiary/aromatic N) is 5. The van der Waals surface area contributed by atoms with E-state index in [0.717, 1.165) is 42.2 Å². The third kappa shape index (κ3) is 5.60. The number of carbonyl (C=O) groups excluding carboxylic acids is 1. The third-order valence-corrected chi connectivity index (χ3v) is 6.87. The molecule has 1 saturated heterocycles. The number of hydrogen-bond donors (Lipinski definition) is 2. The molecule has 1 unspecified atom stereocenters. The Kier molecular flexibility index (Phi) is 6.94. The lowest BCUT2D eigenvalue weighted by molar-refractivity contribution is -0.125. The SMILES string of the molecule is Cc1cc(C)n(-c2ccc(N3CCCC(C(=O)NCCc4ccc(S(N)(=O)=O)cc4)C3)nn2)n1. The van der Waals surface area contributed by atoms with Crippen molar-refractivity contribution in [3.05, 3.63) is 59.4 Å². The van der Waals surface area contributed by atoms with Gasteiger partial charge in [-0.05, 0) is 69.0 Å². The first-order valence-corrected chi connectivity index (χ1v) is 12.8. The number of sulfonamides is 1. The molecular weight excluding hydrogens is 454 g/mol. The molecule has 0 radical (unpaired) electrons. The summed E-state index contributed by atoms with van der Waals surface area (Å²) in [6.45, 7) is 5.80. The summed E-state index contributed by atoms with van der Waals surface area (Å²) in [4.78, 5) is 14.9. The third-order valence-electron chi connectivity index (χ3n) is 5.94. The molecule has 0 aliphatic carbocycles. The Hall–Kier alpha value is -3.31. The Morgan fingerprint density at radius 2 is 1.82 bits per heavy atom. The van der Waals surface area contributed by atoms with Crippen LogP contribution >= 0.6 is 0 Å². The summed E-state index contributed by atoms with van der Waals surface area (Å²) in [6.07, 6.45) is 2.32. The van der Waals surface area contributed by atoms with Crippen LogP contribution < -0.4 is 15.4 Å². The smallest absolute Gasteiger partial charge is 0.238 e. The first-order valence-electron chi connectivity index (χ1n) is 11.2. The number of nitrogens with one attached hydrogen (secondary N) is 1. The minimum Gasteiger partial charge on any atom is -0.355 e. The van der Waals surface area contributed by atoms with Gasteiger partial charge in [-0.25, -0.2) is 18.2 Å². The molecule has 180 valence electrons. The van der Waals surface area contributed by atoms with Gasteiger partial charge in [0.15, 0.2) is 11.6 Å². The zero-order valence-electron chi connectivity index (χ0n) is 19.3. The number of hydrogen-bond acceptors (Lipinski definition) is 7. The van der Waals surface area contributed by atoms with Crippen molar-refractivity contribution in [3.8, 4) is 5.82 Å². The van der Waals surface area contributed by atoms with Gasteiger partial charge >= 0.3 is 0 Å². The number of anilines is 1. The molecule has 1 amide bonds. The van der Waals surface area contributed by atoms with Gasteiger partial charge in [0.25, 0.3) is 0 Å². The molecule has 4 rings (SSSR count). The van der Waals surface area contributed by atoms with Crippen molar-refractivity contribution in [2.45, 2.75) is 38.0 Å². The normalized spacial score (nSPS) is 16.4. The van der Waals surface area contributed by atoms with Gasteiger partial charge < -0.3 is 10.2 Å². The van der Waals surface area contributed by atoms with E-state index in [9.17, 15) is 13.2 Å². The summed E-state index contributed by atoms with van der Waals surface area (Å²) in [6, 6.07) is 12.2. The van der Waals surface area contributed by atoms with Gasteiger partial charge in [-0.3, -0.25) is 4.79 Å². The highest BCUT2D eigenvalue weighted by molar-refractivity contribution is 7.89. The maximum absolute atomic E-state index is 12.7. The van der Waals surface area contributed by atoms with Crippen molar-refractivity contribution in [2.75, 3.05) is 24.5 Å². The number of carbonyl (C=O) groups is 1. The standard InChI is InChI=1S/C23H29N7O3S/c1-16-14-17(2)30(28-16)22-10-9-21(26-27-22)29-13-3-4-19(15-29)23(31)25-12-11-18-5-7-20(8-6-18)34(24,32)33/h5-10,14,19H,3-4,11-13,15H2,1-2H3,(H,25,31)(H2,24,32,33). The number of benzene rings is 1. The monoisotopic (exact) mass is 483 g/mol. The maximum atomic E-state index is 12.7. The topological polar surface area (TPSA) is 136 Å². The molecule has 1 atom stereocenters. The Morgan fingerprint density at radius 1 is 1.12 bits per heavy atom. The second-order valence-corrected chi connectivity index (χ2v) is 10.2. The Bertz CT molecular complexity index is 1250. The number of aromatic nitrogens is 4. The van der Waals surface area contributed by atoms with E-state index in [1.54, 1.807) is 16.8 Å². The lowest BCUT2D eigenvalue weighted by Gasteiger charge is -2.32. The fourth-order valence-electron chi connectivity index (χ4n) is 4.18. The highest BCUT2D eigenvalue weighted by atomic mass is 32.2. The zero-order valence-corrected chi connectivity index (χ0v) is 20.1. The molecule has 3 N–H and O–H groups in total. The van der Waals surface area contributed by atoms with Crippen molar-refractivity contribution in [1.29, 1.82) is 0 Å². The largest absolute Gasteiger partial charge is 0.355 e. The molecule has 0 spiro atoms. The van der Waals surface area contributed by atoms with E-state index < -0.39 is 10.0 Å². The number of amides is 1. The van der Waals surface area contributed by atoms with Gasteiger partial charge in [-0.2, -0.15) is 5.10 Å². The predicted octanol–water partition coefficient (Wildman–Crippen LogP) is 1.50. The number of rotatable bonds is 7. The fourth-order valence-corrected chi connectivity index (χ4v) is 4.70. The van der Waals surface area contributed by atoms with Crippen molar-refractivity contribution >= 4 is 21.7 Å². The number of piperidine rings is 1. The van der Waals surface area contributed by atoms with Crippen LogP contribution in [0.25, 0.3) is 5.82 Å². The van der Waals surface area contributed by atoms with E-state index in [-0.39, 0.29) is 16.7 Å². The average Bonchev–Trinajstić information content (AvgIpc) is 3.16. The minimum absolute atomic E-state index is 0.0121. The van der Waals surface area contributed by atoms with Crippen LogP contribution in [0.1, 0.15) is 29.8 Å². The number of aryl methyl sites for hydroxylation is 2. The predicted molar refractivity (Wildman–Crippen MR) is 128 cm³/mol. The van der Waals surface area contributed by atoms with Crippen LogP contribution in [0, 0.1) is 19.8 Å². The average molecular weight is 484 g/mol. The van der Waals surface area contributed by atoms with Gasteiger partial charge in [-0.15, -0.1) is 10.2 Å². The van der Waals surface area contributed by atoms with E-state index >= 15 is 0 Å². The van der Waals surface area contributed by atoms with Gasteiger partial charge in [-0.1, -0.05) is 12.1 Å². The molecule has 0 saturated carbocycles. The Morgan fingerprint density at radius 3 is 2.44 bits per heavy atom. The molecule has 11 heteroatoms. The van der Waals surface area contributed by atoms with Crippen molar-refractivity contribution < 1.29 is 13.2 Å². The van der Waals surface area contributed by atoms with E-state index in [1.165, 1.54) is 12.1 Å². The molecule has 3 aromatic rings. The quantitative estimate of drug-likeness (QED) is 0.520. The van der Waals surface area contributed by atoms with Crippen molar-refractivity contribution in [3.63, 3.8) is 0 Å². The summed E-state index contributed by atoms with van der Waals surface area (Å²) < 4.78 is 24.5. The second-order valence-electron chi connectivity index (χ2n) is 8.60. The van der Waals surface area contributed by atoms with Crippen molar-refractivity contribution in [1.82, 2.24) is 25.3 Å². The van der Waals surface area contributed by atoms with E-state index in [4.69, 9.17) is 5.14 Å². The van der Waals surface area contributed by atoms with Crippen molar-refractivity contribution in [2.24, 2.45) is 11.1 Å². The molecular formula is C23H29N7O3S.